The maximum Gasteiger partial charge on any atom is 0.00385 e. The Balaban J connectivity index is 2.19. The zero-order valence-corrected chi connectivity index (χ0v) is 10.8. The third-order valence-electron chi connectivity index (χ3n) is 3.52. The van der Waals surface area contributed by atoms with Gasteiger partial charge in [-0.1, -0.05) is 6.92 Å². The summed E-state index contributed by atoms with van der Waals surface area (Å²) in [7, 11) is 0. The summed E-state index contributed by atoms with van der Waals surface area (Å²) in [6, 6.07) is 0.715. The van der Waals surface area contributed by atoms with Crippen molar-refractivity contribution in [2.75, 3.05) is 26.2 Å². The number of nitrogens with zero attached hydrogens (tertiary/aromatic N) is 1. The number of rotatable bonds is 6. The van der Waals surface area contributed by atoms with Crippen LogP contribution in [0.3, 0.4) is 0 Å². The largest absolute Gasteiger partial charge is 0.317 e. The molecule has 0 radical (unpaired) electrons. The van der Waals surface area contributed by atoms with E-state index in [-0.39, 0.29) is 0 Å². The Morgan fingerprint density at radius 1 is 1.20 bits per heavy atom. The van der Waals surface area contributed by atoms with E-state index < -0.39 is 0 Å². The molecule has 0 unspecified atom stereocenters. The van der Waals surface area contributed by atoms with Crippen LogP contribution in [0.1, 0.15) is 46.5 Å². The van der Waals surface area contributed by atoms with E-state index in [4.69, 9.17) is 0 Å². The molecular weight excluding hydrogens is 184 g/mol. The molecule has 90 valence electrons. The van der Waals surface area contributed by atoms with Gasteiger partial charge in [-0.05, 0) is 71.6 Å². The maximum atomic E-state index is 3.44. The lowest BCUT2D eigenvalue weighted by atomic mass is 9.94. The number of hydrogen-bond donors (Lipinski definition) is 1. The molecule has 0 atom stereocenters. The average molecular weight is 212 g/mol. The summed E-state index contributed by atoms with van der Waals surface area (Å²) < 4.78 is 0. The Morgan fingerprint density at radius 3 is 2.40 bits per heavy atom. The summed E-state index contributed by atoms with van der Waals surface area (Å²) in [6.07, 6.45) is 5.46. The molecule has 1 fully saturated rings. The van der Waals surface area contributed by atoms with Crippen LogP contribution >= 0.6 is 0 Å². The average Bonchev–Trinajstić information content (AvgIpc) is 2.25. The first-order valence-corrected chi connectivity index (χ1v) is 6.68. The van der Waals surface area contributed by atoms with Gasteiger partial charge in [0.2, 0.25) is 0 Å². The number of piperidine rings is 1. The highest BCUT2D eigenvalue weighted by molar-refractivity contribution is 4.71. The Kier molecular flexibility index (Phi) is 6.26. The molecule has 0 bridgehead atoms. The summed E-state index contributed by atoms with van der Waals surface area (Å²) in [5.41, 5.74) is 0. The van der Waals surface area contributed by atoms with Crippen molar-refractivity contribution in [3.63, 3.8) is 0 Å². The van der Waals surface area contributed by atoms with Crippen molar-refractivity contribution < 1.29 is 0 Å². The van der Waals surface area contributed by atoms with Crippen molar-refractivity contribution in [2.24, 2.45) is 5.92 Å². The minimum Gasteiger partial charge on any atom is -0.317 e. The molecule has 0 aromatic carbocycles. The predicted molar refractivity (Wildman–Crippen MR) is 67.2 cm³/mol. The minimum absolute atomic E-state index is 0.715. The van der Waals surface area contributed by atoms with E-state index in [9.17, 15) is 0 Å². The smallest absolute Gasteiger partial charge is 0.00385 e. The van der Waals surface area contributed by atoms with Crippen LogP contribution in [0.25, 0.3) is 0 Å². The normalized spacial score (nSPS) is 19.0. The van der Waals surface area contributed by atoms with Crippen molar-refractivity contribution in [3.8, 4) is 0 Å². The molecule has 0 aliphatic carbocycles. The van der Waals surface area contributed by atoms with E-state index >= 15 is 0 Å². The van der Waals surface area contributed by atoms with Gasteiger partial charge in [-0.15, -0.1) is 0 Å². The Hall–Kier alpha value is -0.0800. The van der Waals surface area contributed by atoms with Crippen molar-refractivity contribution in [1.29, 1.82) is 0 Å². The highest BCUT2D eigenvalue weighted by Gasteiger charge is 2.15. The van der Waals surface area contributed by atoms with E-state index in [1.807, 2.05) is 0 Å². The Labute approximate surface area is 95.4 Å². The van der Waals surface area contributed by atoms with Gasteiger partial charge in [0, 0.05) is 6.04 Å². The molecule has 0 amide bonds. The van der Waals surface area contributed by atoms with Crippen LogP contribution in [0, 0.1) is 5.92 Å². The van der Waals surface area contributed by atoms with Gasteiger partial charge in [-0.2, -0.15) is 0 Å². The molecule has 2 nitrogen and oxygen atoms in total. The standard InChI is InChI=1S/C13H28N2/c1-4-10-15(12(2)3)11-7-13-5-8-14-9-6-13/h12-14H,4-11H2,1-3H3. The highest BCUT2D eigenvalue weighted by atomic mass is 15.1. The van der Waals surface area contributed by atoms with Crippen LogP contribution in [0.15, 0.2) is 0 Å². The third-order valence-corrected chi connectivity index (χ3v) is 3.52. The second kappa shape index (κ2) is 7.24. The van der Waals surface area contributed by atoms with Crippen LogP contribution in [0.4, 0.5) is 0 Å². The van der Waals surface area contributed by atoms with Gasteiger partial charge in [-0.25, -0.2) is 0 Å². The van der Waals surface area contributed by atoms with Crippen molar-refractivity contribution in [3.05, 3.63) is 0 Å². The van der Waals surface area contributed by atoms with Crippen LogP contribution in [-0.4, -0.2) is 37.1 Å². The molecule has 1 N–H and O–H groups in total. The van der Waals surface area contributed by atoms with Crippen LogP contribution < -0.4 is 5.32 Å². The maximum absolute atomic E-state index is 3.44. The number of nitrogens with one attached hydrogen (secondary N) is 1. The fourth-order valence-corrected chi connectivity index (χ4v) is 2.43. The molecule has 0 aromatic rings. The molecule has 0 spiro atoms. The molecular formula is C13H28N2. The van der Waals surface area contributed by atoms with Crippen LogP contribution in [-0.2, 0) is 0 Å². The lowest BCUT2D eigenvalue weighted by molar-refractivity contribution is 0.196. The predicted octanol–water partition coefficient (Wildman–Crippen LogP) is 2.50. The fraction of sp³-hybridized carbons (Fsp3) is 1.00. The second-order valence-corrected chi connectivity index (χ2v) is 5.11. The van der Waals surface area contributed by atoms with Crippen molar-refractivity contribution >= 4 is 0 Å². The van der Waals surface area contributed by atoms with Crippen molar-refractivity contribution in [2.45, 2.75) is 52.5 Å². The molecule has 1 rings (SSSR count). The summed E-state index contributed by atoms with van der Waals surface area (Å²) in [4.78, 5) is 2.63. The van der Waals surface area contributed by atoms with Gasteiger partial charge < -0.3 is 10.2 Å². The summed E-state index contributed by atoms with van der Waals surface area (Å²) in [5.74, 6) is 0.976. The van der Waals surface area contributed by atoms with Gasteiger partial charge in [0.05, 0.1) is 0 Å². The Morgan fingerprint density at radius 2 is 1.87 bits per heavy atom. The molecule has 1 aliphatic heterocycles. The van der Waals surface area contributed by atoms with E-state index in [0.29, 0.717) is 6.04 Å². The lowest BCUT2D eigenvalue weighted by Crippen LogP contribution is -2.35. The second-order valence-electron chi connectivity index (χ2n) is 5.11. The van der Waals surface area contributed by atoms with Gasteiger partial charge in [-0.3, -0.25) is 0 Å². The van der Waals surface area contributed by atoms with E-state index in [2.05, 4.69) is 31.0 Å². The Bertz CT molecular complexity index is 151. The van der Waals surface area contributed by atoms with Crippen LogP contribution in [0.5, 0.6) is 0 Å². The van der Waals surface area contributed by atoms with Gasteiger partial charge in [0.1, 0.15) is 0 Å². The van der Waals surface area contributed by atoms with Gasteiger partial charge >= 0.3 is 0 Å². The zero-order valence-electron chi connectivity index (χ0n) is 10.8. The van der Waals surface area contributed by atoms with Gasteiger partial charge in [0.15, 0.2) is 0 Å². The van der Waals surface area contributed by atoms with E-state index in [0.717, 1.165) is 5.92 Å². The summed E-state index contributed by atoms with van der Waals surface area (Å²) in [5, 5.41) is 3.44. The molecule has 0 saturated carbocycles. The SMILES string of the molecule is CCCN(CCC1CCNCC1)C(C)C. The molecule has 2 heteroatoms. The summed E-state index contributed by atoms with van der Waals surface area (Å²) in [6.45, 7) is 12.0. The number of hydrogen-bond acceptors (Lipinski definition) is 2. The summed E-state index contributed by atoms with van der Waals surface area (Å²) >= 11 is 0. The van der Waals surface area contributed by atoms with Crippen molar-refractivity contribution in [1.82, 2.24) is 10.2 Å². The minimum atomic E-state index is 0.715. The fourth-order valence-electron chi connectivity index (χ4n) is 2.43. The highest BCUT2D eigenvalue weighted by Crippen LogP contribution is 2.17. The van der Waals surface area contributed by atoms with E-state index in [1.54, 1.807) is 0 Å². The van der Waals surface area contributed by atoms with E-state index in [1.165, 1.54) is 51.9 Å². The first-order valence-electron chi connectivity index (χ1n) is 6.68. The molecule has 1 heterocycles. The molecule has 1 aliphatic rings. The van der Waals surface area contributed by atoms with Gasteiger partial charge in [0.25, 0.3) is 0 Å². The molecule has 1 saturated heterocycles. The lowest BCUT2D eigenvalue weighted by Gasteiger charge is -2.29. The molecule has 15 heavy (non-hydrogen) atoms. The third kappa shape index (κ3) is 4.98. The monoisotopic (exact) mass is 212 g/mol. The first-order chi connectivity index (χ1) is 7.24. The quantitative estimate of drug-likeness (QED) is 0.728. The molecule has 0 aromatic heterocycles. The van der Waals surface area contributed by atoms with Crippen LogP contribution in [0.2, 0.25) is 0 Å². The topological polar surface area (TPSA) is 15.3 Å². The zero-order chi connectivity index (χ0) is 11.1. The first kappa shape index (κ1) is 13.0.